The van der Waals surface area contributed by atoms with Gasteiger partial charge in [0, 0.05) is 6.92 Å². The zero-order valence-electron chi connectivity index (χ0n) is 13.7. The van der Waals surface area contributed by atoms with E-state index in [0.29, 0.717) is 28.2 Å². The molecule has 6 nitrogen and oxygen atoms in total. The van der Waals surface area contributed by atoms with Crippen molar-refractivity contribution in [3.05, 3.63) is 70.3 Å². The molecule has 0 spiro atoms. The molecule has 0 saturated carbocycles. The maximum Gasteiger partial charge on any atom is 0.347 e. The number of carbonyl (C=O) groups is 1. The monoisotopic (exact) mass is 358 g/mol. The number of halogens is 1. The highest BCUT2D eigenvalue weighted by atomic mass is 35.5. The van der Waals surface area contributed by atoms with Crippen molar-refractivity contribution >= 4 is 17.6 Å². The van der Waals surface area contributed by atoms with E-state index in [1.165, 1.54) is 0 Å². The number of carbonyl (C=O) groups excluding carboxylic acids is 1. The standard InChI is InChI=1S/C18H15ClN2O4/c1-11-7-8-14(19)16(9-11)24-18(22)13-5-3-4-6-15(13)23-10-17-20-12(2)25-21-17/h3-9H,10H2,1-2H3. The summed E-state index contributed by atoms with van der Waals surface area (Å²) in [7, 11) is 0. The fourth-order valence-electron chi connectivity index (χ4n) is 2.15. The van der Waals surface area contributed by atoms with Gasteiger partial charge in [0.05, 0.1) is 5.02 Å². The average molecular weight is 359 g/mol. The van der Waals surface area contributed by atoms with Crippen molar-refractivity contribution in [2.75, 3.05) is 0 Å². The number of para-hydroxylation sites is 1. The lowest BCUT2D eigenvalue weighted by Gasteiger charge is -2.11. The first-order valence-corrected chi connectivity index (χ1v) is 7.90. The molecule has 0 aliphatic carbocycles. The number of hydrogen-bond donors (Lipinski definition) is 0. The number of aromatic nitrogens is 2. The minimum atomic E-state index is -0.563. The van der Waals surface area contributed by atoms with Gasteiger partial charge in [-0.05, 0) is 36.8 Å². The molecule has 1 aromatic heterocycles. The van der Waals surface area contributed by atoms with Crippen LogP contribution < -0.4 is 9.47 Å². The van der Waals surface area contributed by atoms with Crippen molar-refractivity contribution in [3.8, 4) is 11.5 Å². The molecule has 0 aliphatic rings. The minimum Gasteiger partial charge on any atom is -0.485 e. The number of rotatable bonds is 5. The smallest absolute Gasteiger partial charge is 0.347 e. The summed E-state index contributed by atoms with van der Waals surface area (Å²) in [5, 5.41) is 4.11. The topological polar surface area (TPSA) is 74.5 Å². The lowest BCUT2D eigenvalue weighted by Crippen LogP contribution is -2.11. The summed E-state index contributed by atoms with van der Waals surface area (Å²) in [6.45, 7) is 3.65. The second-order valence-electron chi connectivity index (χ2n) is 5.34. The van der Waals surface area contributed by atoms with Crippen LogP contribution in [0.25, 0.3) is 0 Å². The number of benzene rings is 2. The van der Waals surface area contributed by atoms with Gasteiger partial charge >= 0.3 is 5.97 Å². The highest BCUT2D eigenvalue weighted by Crippen LogP contribution is 2.28. The van der Waals surface area contributed by atoms with Crippen molar-refractivity contribution in [3.63, 3.8) is 0 Å². The second kappa shape index (κ2) is 7.36. The Kier molecular flexibility index (Phi) is 5.00. The summed E-state index contributed by atoms with van der Waals surface area (Å²) < 4.78 is 15.9. The summed E-state index contributed by atoms with van der Waals surface area (Å²) in [6.07, 6.45) is 0. The van der Waals surface area contributed by atoms with Crippen molar-refractivity contribution in [1.82, 2.24) is 10.1 Å². The van der Waals surface area contributed by atoms with E-state index in [1.807, 2.05) is 13.0 Å². The normalized spacial score (nSPS) is 10.5. The van der Waals surface area contributed by atoms with E-state index < -0.39 is 5.97 Å². The van der Waals surface area contributed by atoms with E-state index in [2.05, 4.69) is 10.1 Å². The van der Waals surface area contributed by atoms with Crippen LogP contribution in [0.4, 0.5) is 0 Å². The molecule has 0 unspecified atom stereocenters. The molecule has 1 heterocycles. The summed E-state index contributed by atoms with van der Waals surface area (Å²) in [5.74, 6) is 0.934. The van der Waals surface area contributed by atoms with E-state index in [-0.39, 0.29) is 12.2 Å². The Hall–Kier alpha value is -2.86. The highest BCUT2D eigenvalue weighted by molar-refractivity contribution is 6.32. The minimum absolute atomic E-state index is 0.0762. The first kappa shape index (κ1) is 17.0. The quantitative estimate of drug-likeness (QED) is 0.504. The van der Waals surface area contributed by atoms with Gasteiger partial charge in [-0.15, -0.1) is 0 Å². The molecule has 0 atom stereocenters. The van der Waals surface area contributed by atoms with E-state index in [9.17, 15) is 4.79 Å². The molecule has 0 radical (unpaired) electrons. The molecule has 0 fully saturated rings. The Labute approximate surface area is 149 Å². The highest BCUT2D eigenvalue weighted by Gasteiger charge is 2.17. The van der Waals surface area contributed by atoms with Crippen molar-refractivity contribution < 1.29 is 18.8 Å². The van der Waals surface area contributed by atoms with Gasteiger partial charge in [-0.1, -0.05) is 35.0 Å². The van der Waals surface area contributed by atoms with Gasteiger partial charge < -0.3 is 14.0 Å². The van der Waals surface area contributed by atoms with E-state index in [4.69, 9.17) is 25.6 Å². The van der Waals surface area contributed by atoms with Gasteiger partial charge in [0.2, 0.25) is 11.7 Å². The molecule has 0 saturated heterocycles. The van der Waals surface area contributed by atoms with E-state index in [1.54, 1.807) is 43.3 Å². The Morgan fingerprint density at radius 1 is 1.16 bits per heavy atom. The first-order chi connectivity index (χ1) is 12.0. The third-order valence-corrected chi connectivity index (χ3v) is 3.63. The summed E-state index contributed by atoms with van der Waals surface area (Å²) in [5.41, 5.74) is 1.21. The largest absolute Gasteiger partial charge is 0.485 e. The Morgan fingerprint density at radius 3 is 2.72 bits per heavy atom. The fraction of sp³-hybridized carbons (Fsp3) is 0.167. The summed E-state index contributed by atoms with van der Waals surface area (Å²) in [6, 6.07) is 12.0. The van der Waals surface area contributed by atoms with Crippen LogP contribution in [0.3, 0.4) is 0 Å². The van der Waals surface area contributed by atoms with Crippen molar-refractivity contribution in [2.45, 2.75) is 20.5 Å². The number of esters is 1. The molecule has 3 aromatic rings. The van der Waals surface area contributed by atoms with Crippen molar-refractivity contribution in [1.29, 1.82) is 0 Å². The Morgan fingerprint density at radius 2 is 1.96 bits per heavy atom. The fourth-order valence-corrected chi connectivity index (χ4v) is 2.30. The SMILES string of the molecule is Cc1ccc(Cl)c(OC(=O)c2ccccc2OCc2noc(C)n2)c1. The zero-order chi connectivity index (χ0) is 17.8. The summed E-state index contributed by atoms with van der Waals surface area (Å²) >= 11 is 6.08. The van der Waals surface area contributed by atoms with Gasteiger partial charge in [0.15, 0.2) is 6.61 Å². The zero-order valence-corrected chi connectivity index (χ0v) is 14.4. The maximum absolute atomic E-state index is 12.5. The second-order valence-corrected chi connectivity index (χ2v) is 5.75. The molecule has 0 bridgehead atoms. The van der Waals surface area contributed by atoms with Crippen LogP contribution in [-0.4, -0.2) is 16.1 Å². The lowest BCUT2D eigenvalue weighted by molar-refractivity contribution is 0.0729. The first-order valence-electron chi connectivity index (χ1n) is 7.52. The van der Waals surface area contributed by atoms with Crippen LogP contribution in [0.1, 0.15) is 27.6 Å². The van der Waals surface area contributed by atoms with Crippen LogP contribution in [0.5, 0.6) is 11.5 Å². The molecule has 0 aliphatic heterocycles. The molecular weight excluding hydrogens is 344 g/mol. The predicted octanol–water partition coefficient (Wildman–Crippen LogP) is 4.14. The predicted molar refractivity (Wildman–Crippen MR) is 91.0 cm³/mol. The number of hydrogen-bond acceptors (Lipinski definition) is 6. The van der Waals surface area contributed by atoms with Crippen LogP contribution in [-0.2, 0) is 6.61 Å². The van der Waals surface area contributed by atoms with Crippen LogP contribution >= 0.6 is 11.6 Å². The molecule has 25 heavy (non-hydrogen) atoms. The summed E-state index contributed by atoms with van der Waals surface area (Å²) in [4.78, 5) is 16.6. The van der Waals surface area contributed by atoms with Crippen LogP contribution in [0.15, 0.2) is 47.0 Å². The Bertz CT molecular complexity index is 908. The van der Waals surface area contributed by atoms with Gasteiger partial charge in [0.1, 0.15) is 17.1 Å². The number of nitrogens with zero attached hydrogens (tertiary/aromatic N) is 2. The van der Waals surface area contributed by atoms with Crippen LogP contribution in [0, 0.1) is 13.8 Å². The number of aryl methyl sites for hydroxylation is 2. The molecule has 3 rings (SSSR count). The molecule has 0 amide bonds. The number of ether oxygens (including phenoxy) is 2. The molecule has 0 N–H and O–H groups in total. The van der Waals surface area contributed by atoms with Gasteiger partial charge in [0.25, 0.3) is 0 Å². The van der Waals surface area contributed by atoms with Gasteiger partial charge in [-0.25, -0.2) is 4.79 Å². The molecule has 2 aromatic carbocycles. The Balaban J connectivity index is 1.77. The van der Waals surface area contributed by atoms with E-state index in [0.717, 1.165) is 5.56 Å². The van der Waals surface area contributed by atoms with Crippen molar-refractivity contribution in [2.24, 2.45) is 0 Å². The third-order valence-electron chi connectivity index (χ3n) is 3.32. The third kappa shape index (κ3) is 4.16. The average Bonchev–Trinajstić information content (AvgIpc) is 3.02. The maximum atomic E-state index is 12.5. The molecule has 128 valence electrons. The molecule has 7 heteroatoms. The van der Waals surface area contributed by atoms with Crippen LogP contribution in [0.2, 0.25) is 5.02 Å². The van der Waals surface area contributed by atoms with E-state index >= 15 is 0 Å². The lowest BCUT2D eigenvalue weighted by atomic mass is 10.2. The molecular formula is C18H15ClN2O4. The van der Waals surface area contributed by atoms with Gasteiger partial charge in [-0.3, -0.25) is 0 Å². The van der Waals surface area contributed by atoms with Gasteiger partial charge in [-0.2, -0.15) is 4.98 Å².